The molecule has 2 aromatic carbocycles. The summed E-state index contributed by atoms with van der Waals surface area (Å²) in [5.74, 6) is -0.815. The molecule has 2 aromatic rings. The van der Waals surface area contributed by atoms with Crippen LogP contribution in [0.4, 0.5) is 0 Å². The molecule has 0 saturated carbocycles. The number of hydrogen-bond donors (Lipinski definition) is 2. The van der Waals surface area contributed by atoms with Gasteiger partial charge in [-0.15, -0.1) is 0 Å². The highest BCUT2D eigenvalue weighted by Gasteiger charge is 2.23. The Morgan fingerprint density at radius 1 is 0.829 bits per heavy atom. The van der Waals surface area contributed by atoms with Gasteiger partial charge in [-0.1, -0.05) is 81.8 Å². The lowest BCUT2D eigenvalue weighted by Gasteiger charge is -2.29. The normalized spacial score (nSPS) is 16.7. The average Bonchev–Trinajstić information content (AvgIpc) is 3.00. The van der Waals surface area contributed by atoms with Crippen LogP contribution in [0.15, 0.2) is 66.8 Å². The van der Waals surface area contributed by atoms with Crippen molar-refractivity contribution in [3.8, 4) is 11.1 Å². The van der Waals surface area contributed by atoms with E-state index in [0.29, 0.717) is 32.0 Å². The number of carbonyl (C=O) groups excluding carboxylic acids is 2. The fourth-order valence-electron chi connectivity index (χ4n) is 4.49. The predicted molar refractivity (Wildman–Crippen MR) is 156 cm³/mol. The van der Waals surface area contributed by atoms with E-state index in [0.717, 1.165) is 34.2 Å². The predicted octanol–water partition coefficient (Wildman–Crippen LogP) is 4.86. The Balaban J connectivity index is 1.69. The first-order chi connectivity index (χ1) is 19.8. The minimum absolute atomic E-state index is 0.00347. The minimum Gasteiger partial charge on any atom is -0.462 e. The first kappa shape index (κ1) is 32.2. The van der Waals surface area contributed by atoms with E-state index < -0.39 is 25.2 Å². The minimum atomic E-state index is -0.630. The van der Waals surface area contributed by atoms with E-state index in [9.17, 15) is 9.59 Å². The van der Waals surface area contributed by atoms with E-state index in [4.69, 9.17) is 29.2 Å². The Morgan fingerprint density at radius 2 is 1.37 bits per heavy atom. The first-order valence-electron chi connectivity index (χ1n) is 14.2. The smallest absolute Gasteiger partial charge is 0.335 e. The number of rotatable bonds is 16. The van der Waals surface area contributed by atoms with Gasteiger partial charge in [0.15, 0.2) is 6.29 Å². The maximum atomic E-state index is 11.9. The van der Waals surface area contributed by atoms with Crippen molar-refractivity contribution in [2.24, 2.45) is 5.92 Å². The van der Waals surface area contributed by atoms with Gasteiger partial charge in [-0.2, -0.15) is 0 Å². The molecule has 0 aliphatic carbocycles. The van der Waals surface area contributed by atoms with Crippen LogP contribution < -0.4 is 0 Å². The maximum Gasteiger partial charge on any atom is 0.335 e. The molecule has 0 amide bonds. The highest BCUT2D eigenvalue weighted by atomic mass is 16.7. The molecule has 41 heavy (non-hydrogen) atoms. The summed E-state index contributed by atoms with van der Waals surface area (Å²) in [5, 5.41) is 18.1. The van der Waals surface area contributed by atoms with Gasteiger partial charge in [-0.25, -0.2) is 9.59 Å². The van der Waals surface area contributed by atoms with Crippen LogP contribution in [0.5, 0.6) is 0 Å². The van der Waals surface area contributed by atoms with E-state index in [-0.39, 0.29) is 30.6 Å². The standard InChI is InChI=1S/C33H42O8/c1-4-5-6-7-27-21-40-33(41-22-27)29-10-8-28(9-11-29)30-17-25(12-14-38-31(36)23(2)19-34)16-26(18-30)13-15-39-32(37)24(3)20-35/h8-11,16-18,27,33-35H,2-7,12-15,19-22H2,1H3. The molecule has 0 atom stereocenters. The van der Waals surface area contributed by atoms with Crippen molar-refractivity contribution in [2.75, 3.05) is 39.6 Å². The summed E-state index contributed by atoms with van der Waals surface area (Å²) < 4.78 is 22.5. The third kappa shape index (κ3) is 10.2. The zero-order chi connectivity index (χ0) is 29.6. The SMILES string of the molecule is C=C(CO)C(=O)OCCc1cc(CCOC(=O)C(=C)CO)cc(-c2ccc(C3OCC(CCCCC)CO3)cc2)c1. The summed E-state index contributed by atoms with van der Waals surface area (Å²) in [7, 11) is 0. The lowest BCUT2D eigenvalue weighted by atomic mass is 9.96. The van der Waals surface area contributed by atoms with E-state index >= 15 is 0 Å². The van der Waals surface area contributed by atoms with Crippen molar-refractivity contribution in [1.29, 1.82) is 0 Å². The second kappa shape index (κ2) is 16.8. The summed E-state index contributed by atoms with van der Waals surface area (Å²) in [4.78, 5) is 23.7. The summed E-state index contributed by atoms with van der Waals surface area (Å²) in [6.07, 6.45) is 5.30. The quantitative estimate of drug-likeness (QED) is 0.168. The number of unbranched alkanes of at least 4 members (excludes halogenated alkanes) is 2. The van der Waals surface area contributed by atoms with Crippen LogP contribution in [-0.4, -0.2) is 61.8 Å². The van der Waals surface area contributed by atoms with Gasteiger partial charge < -0.3 is 29.2 Å². The summed E-state index contributed by atoms with van der Waals surface area (Å²) in [5.41, 5.74) is 4.78. The Hall–Kier alpha value is -3.30. The molecule has 222 valence electrons. The largest absolute Gasteiger partial charge is 0.462 e. The molecule has 0 aromatic heterocycles. The van der Waals surface area contributed by atoms with E-state index in [1.807, 2.05) is 42.5 Å². The van der Waals surface area contributed by atoms with Gasteiger partial charge in [0, 0.05) is 24.3 Å². The molecule has 3 rings (SSSR count). The molecule has 0 unspecified atom stereocenters. The van der Waals surface area contributed by atoms with Crippen LogP contribution in [0.1, 0.15) is 55.6 Å². The monoisotopic (exact) mass is 566 g/mol. The van der Waals surface area contributed by atoms with Crippen LogP contribution in [0.2, 0.25) is 0 Å². The fourth-order valence-corrected chi connectivity index (χ4v) is 4.49. The molecule has 1 aliphatic heterocycles. The van der Waals surface area contributed by atoms with Crippen LogP contribution in [0.25, 0.3) is 11.1 Å². The molecular formula is C33H42O8. The number of benzene rings is 2. The second-order valence-corrected chi connectivity index (χ2v) is 10.3. The molecule has 8 nitrogen and oxygen atoms in total. The lowest BCUT2D eigenvalue weighted by molar-refractivity contribution is -0.206. The van der Waals surface area contributed by atoms with E-state index in [1.165, 1.54) is 19.3 Å². The third-order valence-corrected chi connectivity index (χ3v) is 6.96. The average molecular weight is 567 g/mol. The highest BCUT2D eigenvalue weighted by Crippen LogP contribution is 2.30. The molecule has 2 N–H and O–H groups in total. The Kier molecular flexibility index (Phi) is 13.2. The van der Waals surface area contributed by atoms with Gasteiger partial charge in [0.1, 0.15) is 0 Å². The van der Waals surface area contributed by atoms with Crippen molar-refractivity contribution in [3.63, 3.8) is 0 Å². The number of esters is 2. The maximum absolute atomic E-state index is 11.9. The van der Waals surface area contributed by atoms with Crippen molar-refractivity contribution < 1.29 is 38.7 Å². The zero-order valence-electron chi connectivity index (χ0n) is 23.9. The fraction of sp³-hybridized carbons (Fsp3) is 0.455. The van der Waals surface area contributed by atoms with E-state index in [2.05, 4.69) is 20.1 Å². The number of ether oxygens (including phenoxy) is 4. The number of aliphatic hydroxyl groups excluding tert-OH is 2. The number of hydrogen-bond acceptors (Lipinski definition) is 8. The van der Waals surface area contributed by atoms with Gasteiger partial charge in [0.05, 0.1) is 50.8 Å². The molecule has 1 saturated heterocycles. The Labute approximate surface area is 242 Å². The molecule has 0 spiro atoms. The topological polar surface area (TPSA) is 112 Å². The number of carbonyl (C=O) groups is 2. The van der Waals surface area contributed by atoms with Crippen molar-refractivity contribution in [3.05, 3.63) is 83.5 Å². The van der Waals surface area contributed by atoms with Crippen molar-refractivity contribution >= 4 is 11.9 Å². The van der Waals surface area contributed by atoms with Crippen molar-refractivity contribution in [1.82, 2.24) is 0 Å². The lowest BCUT2D eigenvalue weighted by Crippen LogP contribution is -2.27. The Morgan fingerprint density at radius 3 is 1.85 bits per heavy atom. The molecular weight excluding hydrogens is 524 g/mol. The van der Waals surface area contributed by atoms with Gasteiger partial charge in [0.2, 0.25) is 0 Å². The molecule has 0 bridgehead atoms. The summed E-state index contributed by atoms with van der Waals surface area (Å²) in [6.45, 7) is 9.93. The van der Waals surface area contributed by atoms with Gasteiger partial charge in [-0.05, 0) is 28.7 Å². The summed E-state index contributed by atoms with van der Waals surface area (Å²) >= 11 is 0. The van der Waals surface area contributed by atoms with E-state index in [1.54, 1.807) is 0 Å². The van der Waals surface area contributed by atoms with Crippen LogP contribution in [0, 0.1) is 5.92 Å². The molecule has 1 fully saturated rings. The molecule has 8 heteroatoms. The van der Waals surface area contributed by atoms with Gasteiger partial charge in [0.25, 0.3) is 0 Å². The van der Waals surface area contributed by atoms with Crippen molar-refractivity contribution in [2.45, 2.75) is 51.7 Å². The zero-order valence-corrected chi connectivity index (χ0v) is 23.9. The molecule has 1 heterocycles. The molecule has 1 aliphatic rings. The van der Waals surface area contributed by atoms with Gasteiger partial charge >= 0.3 is 11.9 Å². The second-order valence-electron chi connectivity index (χ2n) is 10.3. The third-order valence-electron chi connectivity index (χ3n) is 6.96. The molecule has 0 radical (unpaired) electrons. The van der Waals surface area contributed by atoms with Crippen LogP contribution in [0.3, 0.4) is 0 Å². The van der Waals surface area contributed by atoms with Gasteiger partial charge in [-0.3, -0.25) is 0 Å². The number of aliphatic hydroxyl groups is 2. The highest BCUT2D eigenvalue weighted by molar-refractivity contribution is 5.88. The Bertz CT molecular complexity index is 1110. The van der Waals surface area contributed by atoms with Crippen LogP contribution in [-0.2, 0) is 41.4 Å². The van der Waals surface area contributed by atoms with Crippen LogP contribution >= 0.6 is 0 Å². The first-order valence-corrected chi connectivity index (χ1v) is 14.2. The summed E-state index contributed by atoms with van der Waals surface area (Å²) in [6, 6.07) is 14.1.